The Labute approximate surface area is 103 Å². The summed E-state index contributed by atoms with van der Waals surface area (Å²) in [5.41, 5.74) is 11.5. The molecule has 2 rings (SSSR count). The van der Waals surface area contributed by atoms with Gasteiger partial charge in [-0.2, -0.15) is 0 Å². The van der Waals surface area contributed by atoms with Crippen LogP contribution in [0.3, 0.4) is 0 Å². The second-order valence-corrected chi connectivity index (χ2v) is 4.16. The standard InChI is InChI=1S/C10H16N4O4/c11-8(12)4-1-2-14(9(4)13)10-7(17)6(16)5(3-15)18-10/h1-2,5-7,10,15-17H,3,13H2,(H3,11,12)/t5-,6-,7-,10?/m1/s1. The second-order valence-electron chi connectivity index (χ2n) is 4.16. The monoisotopic (exact) mass is 256 g/mol. The van der Waals surface area contributed by atoms with E-state index in [9.17, 15) is 10.2 Å². The maximum absolute atomic E-state index is 9.84. The van der Waals surface area contributed by atoms with E-state index in [1.807, 2.05) is 0 Å². The number of anilines is 1. The number of hydrogen-bond acceptors (Lipinski definition) is 6. The van der Waals surface area contributed by atoms with E-state index in [2.05, 4.69) is 0 Å². The Balaban J connectivity index is 2.30. The number of nitrogen functional groups attached to an aromatic ring is 2. The minimum atomic E-state index is -1.21. The fourth-order valence-corrected chi connectivity index (χ4v) is 2.02. The summed E-state index contributed by atoms with van der Waals surface area (Å²) in [5, 5.41) is 35.8. The van der Waals surface area contributed by atoms with Crippen molar-refractivity contribution in [2.75, 3.05) is 12.3 Å². The lowest BCUT2D eigenvalue weighted by molar-refractivity contribution is -0.0515. The van der Waals surface area contributed by atoms with Crippen LogP contribution in [0, 0.1) is 5.41 Å². The molecule has 4 atom stereocenters. The number of aliphatic hydroxyl groups excluding tert-OH is 3. The van der Waals surface area contributed by atoms with Gasteiger partial charge in [-0.05, 0) is 6.07 Å². The summed E-state index contributed by atoms with van der Waals surface area (Å²) in [6, 6.07) is 1.52. The highest BCUT2D eigenvalue weighted by Crippen LogP contribution is 2.32. The molecule has 18 heavy (non-hydrogen) atoms. The van der Waals surface area contributed by atoms with Crippen LogP contribution in [0.2, 0.25) is 0 Å². The average Bonchev–Trinajstić information content (AvgIpc) is 2.82. The quantitative estimate of drug-likeness (QED) is 0.271. The lowest BCUT2D eigenvalue weighted by Crippen LogP contribution is -2.33. The predicted octanol–water partition coefficient (Wildman–Crippen LogP) is -2.03. The first-order valence-electron chi connectivity index (χ1n) is 5.40. The highest BCUT2D eigenvalue weighted by molar-refractivity contribution is 5.99. The molecule has 0 amide bonds. The number of nitrogens with two attached hydrogens (primary N) is 2. The van der Waals surface area contributed by atoms with Crippen LogP contribution in [-0.2, 0) is 4.74 Å². The Morgan fingerprint density at radius 1 is 1.44 bits per heavy atom. The summed E-state index contributed by atoms with van der Waals surface area (Å²) >= 11 is 0. The number of nitrogens with zero attached hydrogens (tertiary/aromatic N) is 1. The number of hydrogen-bond donors (Lipinski definition) is 6. The zero-order valence-electron chi connectivity index (χ0n) is 9.52. The van der Waals surface area contributed by atoms with Gasteiger partial charge in [-0.3, -0.25) is 5.41 Å². The number of aliphatic hydroxyl groups is 3. The third-order valence-corrected chi connectivity index (χ3v) is 3.04. The Morgan fingerprint density at radius 2 is 2.11 bits per heavy atom. The second kappa shape index (κ2) is 4.58. The van der Waals surface area contributed by atoms with Crippen molar-refractivity contribution >= 4 is 11.7 Å². The van der Waals surface area contributed by atoms with E-state index in [4.69, 9.17) is 26.7 Å². The molecule has 1 aliphatic rings. The van der Waals surface area contributed by atoms with Gasteiger partial charge in [-0.1, -0.05) is 0 Å². The van der Waals surface area contributed by atoms with Crippen molar-refractivity contribution in [2.24, 2.45) is 5.73 Å². The molecule has 1 aromatic rings. The molecule has 1 aromatic heterocycles. The number of ether oxygens (including phenoxy) is 1. The van der Waals surface area contributed by atoms with Crippen LogP contribution in [0.1, 0.15) is 11.8 Å². The van der Waals surface area contributed by atoms with E-state index < -0.39 is 31.1 Å². The molecule has 0 saturated carbocycles. The Kier molecular flexibility index (Phi) is 3.26. The number of amidine groups is 1. The van der Waals surface area contributed by atoms with Gasteiger partial charge in [0.25, 0.3) is 0 Å². The predicted molar refractivity (Wildman–Crippen MR) is 62.9 cm³/mol. The molecule has 0 bridgehead atoms. The molecule has 2 heterocycles. The summed E-state index contributed by atoms with van der Waals surface area (Å²) in [7, 11) is 0. The largest absolute Gasteiger partial charge is 0.394 e. The summed E-state index contributed by atoms with van der Waals surface area (Å²) in [4.78, 5) is 0. The van der Waals surface area contributed by atoms with E-state index >= 15 is 0 Å². The van der Waals surface area contributed by atoms with Crippen molar-refractivity contribution in [3.8, 4) is 0 Å². The van der Waals surface area contributed by atoms with Crippen LogP contribution < -0.4 is 11.5 Å². The van der Waals surface area contributed by atoms with Gasteiger partial charge in [0.15, 0.2) is 6.23 Å². The molecule has 1 aliphatic heterocycles. The van der Waals surface area contributed by atoms with Crippen molar-refractivity contribution in [1.29, 1.82) is 5.41 Å². The highest BCUT2D eigenvalue weighted by atomic mass is 16.6. The molecular weight excluding hydrogens is 240 g/mol. The van der Waals surface area contributed by atoms with E-state index in [1.165, 1.54) is 16.8 Å². The number of aromatic nitrogens is 1. The molecule has 8 N–H and O–H groups in total. The van der Waals surface area contributed by atoms with E-state index in [0.29, 0.717) is 5.56 Å². The van der Waals surface area contributed by atoms with Crippen molar-refractivity contribution < 1.29 is 20.1 Å². The van der Waals surface area contributed by atoms with Gasteiger partial charge in [0.1, 0.15) is 30.0 Å². The van der Waals surface area contributed by atoms with Gasteiger partial charge >= 0.3 is 0 Å². The first-order valence-corrected chi connectivity index (χ1v) is 5.40. The zero-order valence-corrected chi connectivity index (χ0v) is 9.52. The highest BCUT2D eigenvalue weighted by Gasteiger charge is 2.43. The molecular formula is C10H16N4O4. The molecule has 0 aliphatic carbocycles. The third-order valence-electron chi connectivity index (χ3n) is 3.04. The molecule has 0 spiro atoms. The van der Waals surface area contributed by atoms with Gasteiger partial charge in [-0.25, -0.2) is 0 Å². The summed E-state index contributed by atoms with van der Waals surface area (Å²) < 4.78 is 6.69. The molecule has 1 saturated heterocycles. The van der Waals surface area contributed by atoms with Gasteiger partial charge in [0.05, 0.1) is 12.2 Å². The van der Waals surface area contributed by atoms with Crippen LogP contribution in [0.4, 0.5) is 5.82 Å². The Bertz CT molecular complexity index is 461. The van der Waals surface area contributed by atoms with E-state index in [1.54, 1.807) is 0 Å². The molecule has 0 radical (unpaired) electrons. The molecule has 8 heteroatoms. The van der Waals surface area contributed by atoms with Crippen LogP contribution in [0.15, 0.2) is 12.3 Å². The SMILES string of the molecule is N=C(N)c1ccn(C2O[C@H](CO)[C@@H](O)[C@H]2O)c1N. The lowest BCUT2D eigenvalue weighted by atomic mass is 10.1. The molecule has 0 aromatic carbocycles. The first-order chi connectivity index (χ1) is 8.47. The van der Waals surface area contributed by atoms with E-state index in [-0.39, 0.29) is 11.7 Å². The maximum Gasteiger partial charge on any atom is 0.164 e. The van der Waals surface area contributed by atoms with Gasteiger partial charge in [0.2, 0.25) is 0 Å². The molecule has 1 unspecified atom stereocenters. The van der Waals surface area contributed by atoms with Crippen LogP contribution >= 0.6 is 0 Å². The fraction of sp³-hybridized carbons (Fsp3) is 0.500. The van der Waals surface area contributed by atoms with Crippen LogP contribution in [0.5, 0.6) is 0 Å². The molecule has 8 nitrogen and oxygen atoms in total. The minimum Gasteiger partial charge on any atom is -0.394 e. The van der Waals surface area contributed by atoms with Crippen LogP contribution in [-0.4, -0.2) is 50.6 Å². The normalized spacial score (nSPS) is 31.7. The molecule has 100 valence electrons. The van der Waals surface area contributed by atoms with Crippen molar-refractivity contribution in [3.05, 3.63) is 17.8 Å². The third kappa shape index (κ3) is 1.85. The number of nitrogens with one attached hydrogen (secondary N) is 1. The van der Waals surface area contributed by atoms with Crippen molar-refractivity contribution in [2.45, 2.75) is 24.5 Å². The van der Waals surface area contributed by atoms with Gasteiger partial charge < -0.3 is 36.1 Å². The van der Waals surface area contributed by atoms with Gasteiger partial charge in [0, 0.05) is 6.20 Å². The smallest absolute Gasteiger partial charge is 0.164 e. The van der Waals surface area contributed by atoms with E-state index in [0.717, 1.165) is 0 Å². The van der Waals surface area contributed by atoms with Gasteiger partial charge in [-0.15, -0.1) is 0 Å². The first kappa shape index (κ1) is 12.8. The Morgan fingerprint density at radius 3 is 2.56 bits per heavy atom. The topological polar surface area (TPSA) is 151 Å². The van der Waals surface area contributed by atoms with Crippen molar-refractivity contribution in [3.63, 3.8) is 0 Å². The summed E-state index contributed by atoms with van der Waals surface area (Å²) in [6.07, 6.45) is -2.68. The average molecular weight is 256 g/mol. The lowest BCUT2D eigenvalue weighted by Gasteiger charge is -2.18. The summed E-state index contributed by atoms with van der Waals surface area (Å²) in [5.74, 6) is -0.0321. The summed E-state index contributed by atoms with van der Waals surface area (Å²) in [6.45, 7) is -0.407. The fourth-order valence-electron chi connectivity index (χ4n) is 2.02. The minimum absolute atomic E-state index is 0.164. The van der Waals surface area contributed by atoms with Crippen LogP contribution in [0.25, 0.3) is 0 Å². The zero-order chi connectivity index (χ0) is 13.4. The number of rotatable bonds is 3. The maximum atomic E-state index is 9.84. The Hall–Kier alpha value is -1.61. The molecule has 1 fully saturated rings. The van der Waals surface area contributed by atoms with Crippen molar-refractivity contribution in [1.82, 2.24) is 4.57 Å².